The fourth-order valence-corrected chi connectivity index (χ4v) is 5.00. The molecule has 116 valence electrons. The van der Waals surface area contributed by atoms with Gasteiger partial charge in [0.1, 0.15) is 0 Å². The van der Waals surface area contributed by atoms with Crippen molar-refractivity contribution in [3.63, 3.8) is 0 Å². The highest BCUT2D eigenvalue weighted by Crippen LogP contribution is 2.63. The first-order chi connectivity index (χ1) is 10.2. The molecule has 2 saturated carbocycles. The predicted molar refractivity (Wildman–Crippen MR) is 88.0 cm³/mol. The van der Waals surface area contributed by atoms with Crippen molar-refractivity contribution in [2.24, 2.45) is 5.41 Å². The maximum atomic E-state index is 6.50. The van der Waals surface area contributed by atoms with Crippen LogP contribution in [0.25, 0.3) is 0 Å². The lowest BCUT2D eigenvalue weighted by atomic mass is 9.49. The molecule has 0 saturated heterocycles. The molecule has 1 spiro atoms. The van der Waals surface area contributed by atoms with Gasteiger partial charge in [0.05, 0.1) is 6.61 Å². The maximum absolute atomic E-state index is 6.50. The lowest BCUT2D eigenvalue weighted by molar-refractivity contribution is 0.0261. The van der Waals surface area contributed by atoms with Gasteiger partial charge < -0.3 is 10.1 Å². The van der Waals surface area contributed by atoms with Crippen molar-refractivity contribution in [3.05, 3.63) is 34.9 Å². The number of nitrogens with one attached hydrogen (secondary N) is 1. The van der Waals surface area contributed by atoms with E-state index in [-0.39, 0.29) is 5.41 Å². The minimum absolute atomic E-state index is 0.233. The van der Waals surface area contributed by atoms with E-state index in [1.54, 1.807) is 7.11 Å². The van der Waals surface area contributed by atoms with E-state index in [4.69, 9.17) is 16.3 Å². The normalized spacial score (nSPS) is 22.4. The molecule has 0 bridgehead atoms. The van der Waals surface area contributed by atoms with E-state index >= 15 is 0 Å². The quantitative estimate of drug-likeness (QED) is 0.797. The summed E-state index contributed by atoms with van der Waals surface area (Å²) >= 11 is 6.50. The Bertz CT molecular complexity index is 474. The summed E-state index contributed by atoms with van der Waals surface area (Å²) in [7, 11) is 1.75. The van der Waals surface area contributed by atoms with Crippen molar-refractivity contribution in [1.82, 2.24) is 5.32 Å². The second kappa shape index (κ2) is 6.28. The van der Waals surface area contributed by atoms with Gasteiger partial charge in [-0.3, -0.25) is 0 Å². The van der Waals surface area contributed by atoms with E-state index in [0.29, 0.717) is 5.41 Å². The molecule has 2 nitrogen and oxygen atoms in total. The molecule has 1 N–H and O–H groups in total. The summed E-state index contributed by atoms with van der Waals surface area (Å²) in [5, 5.41) is 4.51. The van der Waals surface area contributed by atoms with Gasteiger partial charge in [-0.15, -0.1) is 0 Å². The Morgan fingerprint density at radius 3 is 2.57 bits per heavy atom. The number of methoxy groups -OCH3 is 1. The molecule has 0 aliphatic heterocycles. The fourth-order valence-electron chi connectivity index (χ4n) is 4.67. The summed E-state index contributed by atoms with van der Waals surface area (Å²) in [6, 6.07) is 8.41. The van der Waals surface area contributed by atoms with Crippen molar-refractivity contribution in [2.45, 2.75) is 43.9 Å². The van der Waals surface area contributed by atoms with E-state index in [1.165, 1.54) is 44.1 Å². The topological polar surface area (TPSA) is 21.3 Å². The monoisotopic (exact) mass is 307 g/mol. The van der Waals surface area contributed by atoms with E-state index in [0.717, 1.165) is 24.7 Å². The van der Waals surface area contributed by atoms with Gasteiger partial charge in [-0.1, -0.05) is 42.6 Å². The van der Waals surface area contributed by atoms with Gasteiger partial charge in [-0.2, -0.15) is 0 Å². The lowest BCUT2D eigenvalue weighted by Gasteiger charge is -2.56. The summed E-state index contributed by atoms with van der Waals surface area (Å²) in [4.78, 5) is 0. The third kappa shape index (κ3) is 2.99. The van der Waals surface area contributed by atoms with E-state index in [9.17, 15) is 0 Å². The van der Waals surface area contributed by atoms with Crippen LogP contribution in [0, 0.1) is 5.41 Å². The zero-order chi connectivity index (χ0) is 14.8. The Kier molecular flexibility index (Phi) is 4.58. The zero-order valence-corrected chi connectivity index (χ0v) is 13.7. The number of halogens is 1. The highest BCUT2D eigenvalue weighted by atomic mass is 35.5. The van der Waals surface area contributed by atoms with Gasteiger partial charge in [0.2, 0.25) is 0 Å². The zero-order valence-electron chi connectivity index (χ0n) is 13.0. The number of hydrogen-bond acceptors (Lipinski definition) is 2. The molecule has 0 atom stereocenters. The molecule has 1 aromatic rings. The molecular weight excluding hydrogens is 282 g/mol. The largest absolute Gasteiger partial charge is 0.383 e. The first kappa shape index (κ1) is 15.3. The number of rotatable bonds is 6. The predicted octanol–water partition coefficient (Wildman–Crippen LogP) is 4.17. The molecule has 1 aromatic carbocycles. The second-order valence-electron chi connectivity index (χ2n) is 6.99. The Morgan fingerprint density at radius 2 is 1.90 bits per heavy atom. The van der Waals surface area contributed by atoms with Crippen molar-refractivity contribution >= 4 is 11.6 Å². The molecule has 0 unspecified atom stereocenters. The SMILES string of the molecule is COCCNCC1(c2ccccc2Cl)CC2(CCCC2)C1. The standard InChI is InChI=1S/C18H26ClNO/c1-21-11-10-20-14-18(15-6-2-3-7-16(15)19)12-17(13-18)8-4-5-9-17/h2-3,6-7,20H,4-5,8-14H2,1H3. The number of hydrogen-bond donors (Lipinski definition) is 1. The summed E-state index contributed by atoms with van der Waals surface area (Å²) in [5.41, 5.74) is 2.19. The highest BCUT2D eigenvalue weighted by Gasteiger charge is 2.55. The first-order valence-electron chi connectivity index (χ1n) is 8.15. The molecule has 3 heteroatoms. The van der Waals surface area contributed by atoms with E-state index < -0.39 is 0 Å². The molecular formula is C18H26ClNO. The van der Waals surface area contributed by atoms with Crippen molar-refractivity contribution < 1.29 is 4.74 Å². The first-order valence-corrected chi connectivity index (χ1v) is 8.52. The van der Waals surface area contributed by atoms with Crippen LogP contribution < -0.4 is 5.32 Å². The molecule has 0 radical (unpaired) electrons. The molecule has 21 heavy (non-hydrogen) atoms. The molecule has 2 fully saturated rings. The summed E-state index contributed by atoms with van der Waals surface area (Å²) < 4.78 is 5.14. The highest BCUT2D eigenvalue weighted by molar-refractivity contribution is 6.31. The molecule has 2 aliphatic carbocycles. The van der Waals surface area contributed by atoms with Gasteiger partial charge >= 0.3 is 0 Å². The van der Waals surface area contributed by atoms with Crippen LogP contribution in [0.1, 0.15) is 44.1 Å². The van der Waals surface area contributed by atoms with Crippen molar-refractivity contribution in [2.75, 3.05) is 26.8 Å². The lowest BCUT2D eigenvalue weighted by Crippen LogP contribution is -2.54. The summed E-state index contributed by atoms with van der Waals surface area (Å²) in [6.45, 7) is 2.70. The molecule has 2 aliphatic rings. The van der Waals surface area contributed by atoms with Crippen LogP contribution in [0.3, 0.4) is 0 Å². The Morgan fingerprint density at radius 1 is 1.19 bits per heavy atom. The summed E-state index contributed by atoms with van der Waals surface area (Å²) in [6.07, 6.45) is 8.24. The van der Waals surface area contributed by atoms with Crippen LogP contribution in [-0.4, -0.2) is 26.8 Å². The number of ether oxygens (including phenoxy) is 1. The average Bonchev–Trinajstić information content (AvgIpc) is 2.92. The molecule has 0 amide bonds. The summed E-state index contributed by atoms with van der Waals surface area (Å²) in [5.74, 6) is 0. The molecule has 0 aromatic heterocycles. The van der Waals surface area contributed by atoms with Crippen LogP contribution >= 0.6 is 11.6 Å². The van der Waals surface area contributed by atoms with Gasteiger partial charge in [0.25, 0.3) is 0 Å². The Hall–Kier alpha value is -0.570. The minimum atomic E-state index is 0.233. The Balaban J connectivity index is 1.75. The third-order valence-corrected chi connectivity index (χ3v) is 5.81. The third-order valence-electron chi connectivity index (χ3n) is 5.48. The minimum Gasteiger partial charge on any atom is -0.383 e. The van der Waals surface area contributed by atoms with Gasteiger partial charge in [0, 0.05) is 30.6 Å². The second-order valence-corrected chi connectivity index (χ2v) is 7.40. The van der Waals surface area contributed by atoms with Crippen molar-refractivity contribution in [3.8, 4) is 0 Å². The number of benzene rings is 1. The maximum Gasteiger partial charge on any atom is 0.0587 e. The van der Waals surface area contributed by atoms with Crippen LogP contribution in [0.15, 0.2) is 24.3 Å². The van der Waals surface area contributed by atoms with Crippen LogP contribution in [-0.2, 0) is 10.2 Å². The molecule has 3 rings (SSSR count). The van der Waals surface area contributed by atoms with Crippen LogP contribution in [0.4, 0.5) is 0 Å². The van der Waals surface area contributed by atoms with Gasteiger partial charge in [0.15, 0.2) is 0 Å². The fraction of sp³-hybridized carbons (Fsp3) is 0.667. The van der Waals surface area contributed by atoms with Crippen LogP contribution in [0.2, 0.25) is 5.02 Å². The van der Waals surface area contributed by atoms with Gasteiger partial charge in [-0.25, -0.2) is 0 Å². The van der Waals surface area contributed by atoms with E-state index in [2.05, 4.69) is 17.4 Å². The van der Waals surface area contributed by atoms with Crippen molar-refractivity contribution in [1.29, 1.82) is 0 Å². The Labute approximate surface area is 133 Å². The van der Waals surface area contributed by atoms with E-state index in [1.807, 2.05) is 12.1 Å². The average molecular weight is 308 g/mol. The van der Waals surface area contributed by atoms with Gasteiger partial charge in [-0.05, 0) is 42.7 Å². The van der Waals surface area contributed by atoms with Crippen LogP contribution in [0.5, 0.6) is 0 Å². The molecule has 0 heterocycles. The smallest absolute Gasteiger partial charge is 0.0587 e.